The van der Waals surface area contributed by atoms with Crippen LogP contribution in [0.15, 0.2) is 6.07 Å². The highest BCUT2D eigenvalue weighted by Gasteiger charge is 2.24. The Labute approximate surface area is 90.0 Å². The molecular formula is C12H16O3. The predicted molar refractivity (Wildman–Crippen MR) is 57.9 cm³/mol. The second-order valence-corrected chi connectivity index (χ2v) is 4.03. The Morgan fingerprint density at radius 3 is 2.67 bits per heavy atom. The summed E-state index contributed by atoms with van der Waals surface area (Å²) < 4.78 is 16.2. The molecule has 1 aliphatic rings. The van der Waals surface area contributed by atoms with Gasteiger partial charge < -0.3 is 14.2 Å². The SMILES string of the molecule is COc1c2c(cc(C)c1C(C)C)OCO2. The molecule has 0 saturated carbocycles. The van der Waals surface area contributed by atoms with Crippen LogP contribution in [0.2, 0.25) is 0 Å². The van der Waals surface area contributed by atoms with Gasteiger partial charge in [-0.15, -0.1) is 0 Å². The first-order valence-corrected chi connectivity index (χ1v) is 5.12. The normalized spacial score (nSPS) is 13.4. The lowest BCUT2D eigenvalue weighted by Crippen LogP contribution is -1.99. The van der Waals surface area contributed by atoms with Crippen molar-refractivity contribution in [1.29, 1.82) is 0 Å². The molecule has 3 heteroatoms. The van der Waals surface area contributed by atoms with E-state index in [9.17, 15) is 0 Å². The van der Waals surface area contributed by atoms with E-state index >= 15 is 0 Å². The summed E-state index contributed by atoms with van der Waals surface area (Å²) in [6.07, 6.45) is 0. The minimum absolute atomic E-state index is 0.284. The Hall–Kier alpha value is -1.38. The average molecular weight is 208 g/mol. The van der Waals surface area contributed by atoms with Crippen LogP contribution in [-0.4, -0.2) is 13.9 Å². The summed E-state index contributed by atoms with van der Waals surface area (Å²) in [4.78, 5) is 0. The molecule has 0 unspecified atom stereocenters. The molecule has 0 saturated heterocycles. The predicted octanol–water partition coefficient (Wildman–Crippen LogP) is 2.86. The molecule has 0 aliphatic carbocycles. The lowest BCUT2D eigenvalue weighted by molar-refractivity contribution is 0.171. The zero-order valence-corrected chi connectivity index (χ0v) is 9.59. The molecule has 0 spiro atoms. The lowest BCUT2D eigenvalue weighted by Gasteiger charge is -2.16. The van der Waals surface area contributed by atoms with E-state index in [-0.39, 0.29) is 6.79 Å². The van der Waals surface area contributed by atoms with Gasteiger partial charge in [0, 0.05) is 5.56 Å². The summed E-state index contributed by atoms with van der Waals surface area (Å²) >= 11 is 0. The first kappa shape index (κ1) is 10.1. The van der Waals surface area contributed by atoms with Crippen molar-refractivity contribution >= 4 is 0 Å². The largest absolute Gasteiger partial charge is 0.492 e. The molecule has 3 nitrogen and oxygen atoms in total. The molecule has 0 bridgehead atoms. The van der Waals surface area contributed by atoms with Crippen LogP contribution in [0, 0.1) is 6.92 Å². The summed E-state index contributed by atoms with van der Waals surface area (Å²) in [6, 6.07) is 2.01. The third kappa shape index (κ3) is 1.52. The molecule has 1 aromatic rings. The number of ether oxygens (including phenoxy) is 3. The van der Waals surface area contributed by atoms with Gasteiger partial charge in [-0.05, 0) is 24.5 Å². The molecular weight excluding hydrogens is 192 g/mol. The van der Waals surface area contributed by atoms with Gasteiger partial charge in [-0.25, -0.2) is 0 Å². The second-order valence-electron chi connectivity index (χ2n) is 4.03. The molecule has 0 aromatic heterocycles. The van der Waals surface area contributed by atoms with E-state index in [1.165, 1.54) is 11.1 Å². The van der Waals surface area contributed by atoms with Gasteiger partial charge >= 0.3 is 0 Å². The first-order valence-electron chi connectivity index (χ1n) is 5.12. The van der Waals surface area contributed by atoms with E-state index in [0.717, 1.165) is 17.2 Å². The molecule has 0 N–H and O–H groups in total. The van der Waals surface area contributed by atoms with Crippen molar-refractivity contribution in [2.24, 2.45) is 0 Å². The number of fused-ring (bicyclic) bond motifs is 1. The van der Waals surface area contributed by atoms with Crippen LogP contribution < -0.4 is 14.2 Å². The molecule has 15 heavy (non-hydrogen) atoms. The summed E-state index contributed by atoms with van der Waals surface area (Å²) in [5, 5.41) is 0. The number of aryl methyl sites for hydroxylation is 1. The number of hydrogen-bond acceptors (Lipinski definition) is 3. The molecule has 1 aromatic carbocycles. The van der Waals surface area contributed by atoms with Gasteiger partial charge in [-0.3, -0.25) is 0 Å². The van der Waals surface area contributed by atoms with Crippen LogP contribution in [0.5, 0.6) is 17.2 Å². The molecule has 0 radical (unpaired) electrons. The summed E-state index contributed by atoms with van der Waals surface area (Å²) in [5.74, 6) is 2.76. The zero-order valence-electron chi connectivity index (χ0n) is 9.59. The maximum atomic E-state index is 5.43. The standard InChI is InChI=1S/C12H16O3/c1-7(2)10-8(3)5-9-11(12(10)13-4)15-6-14-9/h5,7H,6H2,1-4H3. The van der Waals surface area contributed by atoms with Gasteiger partial charge in [-0.1, -0.05) is 13.8 Å². The maximum absolute atomic E-state index is 5.43. The summed E-state index contributed by atoms with van der Waals surface area (Å²) in [5.41, 5.74) is 2.38. The van der Waals surface area contributed by atoms with Crippen LogP contribution in [0.4, 0.5) is 0 Å². The Morgan fingerprint density at radius 2 is 2.07 bits per heavy atom. The van der Waals surface area contributed by atoms with Crippen molar-refractivity contribution < 1.29 is 14.2 Å². The van der Waals surface area contributed by atoms with Crippen molar-refractivity contribution in [3.63, 3.8) is 0 Å². The van der Waals surface area contributed by atoms with E-state index in [2.05, 4.69) is 20.8 Å². The van der Waals surface area contributed by atoms with Crippen LogP contribution in [-0.2, 0) is 0 Å². The van der Waals surface area contributed by atoms with Gasteiger partial charge in [0.15, 0.2) is 11.5 Å². The number of benzene rings is 1. The van der Waals surface area contributed by atoms with Crippen molar-refractivity contribution in [1.82, 2.24) is 0 Å². The second kappa shape index (κ2) is 3.65. The third-order valence-electron chi connectivity index (χ3n) is 2.65. The van der Waals surface area contributed by atoms with Crippen molar-refractivity contribution in [2.45, 2.75) is 26.7 Å². The highest BCUT2D eigenvalue weighted by atomic mass is 16.7. The van der Waals surface area contributed by atoms with E-state index in [4.69, 9.17) is 14.2 Å². The summed E-state index contributed by atoms with van der Waals surface area (Å²) in [7, 11) is 1.67. The molecule has 0 fully saturated rings. The van der Waals surface area contributed by atoms with E-state index in [1.54, 1.807) is 7.11 Å². The fourth-order valence-electron chi connectivity index (χ4n) is 2.07. The highest BCUT2D eigenvalue weighted by molar-refractivity contribution is 5.60. The molecule has 0 atom stereocenters. The summed E-state index contributed by atoms with van der Waals surface area (Å²) in [6.45, 7) is 6.65. The van der Waals surface area contributed by atoms with Crippen molar-refractivity contribution in [2.75, 3.05) is 13.9 Å². The minimum Gasteiger partial charge on any atom is -0.492 e. The minimum atomic E-state index is 0.284. The van der Waals surface area contributed by atoms with Crippen LogP contribution in [0.3, 0.4) is 0 Å². The highest BCUT2D eigenvalue weighted by Crippen LogP contribution is 2.46. The fourth-order valence-corrected chi connectivity index (χ4v) is 2.07. The average Bonchev–Trinajstić information content (AvgIpc) is 2.62. The number of methoxy groups -OCH3 is 1. The molecule has 1 heterocycles. The van der Waals surface area contributed by atoms with E-state index < -0.39 is 0 Å². The van der Waals surface area contributed by atoms with Crippen molar-refractivity contribution in [3.05, 3.63) is 17.2 Å². The Kier molecular flexibility index (Phi) is 2.47. The quantitative estimate of drug-likeness (QED) is 0.748. The van der Waals surface area contributed by atoms with E-state index in [1.807, 2.05) is 6.07 Å². The van der Waals surface area contributed by atoms with Crippen LogP contribution in [0.1, 0.15) is 30.9 Å². The Morgan fingerprint density at radius 1 is 1.33 bits per heavy atom. The lowest BCUT2D eigenvalue weighted by atomic mass is 9.96. The van der Waals surface area contributed by atoms with E-state index in [0.29, 0.717) is 5.92 Å². The Balaban J connectivity index is 2.64. The van der Waals surface area contributed by atoms with Crippen LogP contribution >= 0.6 is 0 Å². The first-order chi connectivity index (χ1) is 7.15. The van der Waals surface area contributed by atoms with Crippen molar-refractivity contribution in [3.8, 4) is 17.2 Å². The topological polar surface area (TPSA) is 27.7 Å². The van der Waals surface area contributed by atoms with Gasteiger partial charge in [0.1, 0.15) is 0 Å². The van der Waals surface area contributed by atoms with Crippen LogP contribution in [0.25, 0.3) is 0 Å². The van der Waals surface area contributed by atoms with Gasteiger partial charge in [-0.2, -0.15) is 0 Å². The third-order valence-corrected chi connectivity index (χ3v) is 2.65. The molecule has 1 aliphatic heterocycles. The number of hydrogen-bond donors (Lipinski definition) is 0. The molecule has 0 amide bonds. The maximum Gasteiger partial charge on any atom is 0.231 e. The smallest absolute Gasteiger partial charge is 0.231 e. The Bertz CT molecular complexity index is 383. The van der Waals surface area contributed by atoms with Gasteiger partial charge in [0.05, 0.1) is 7.11 Å². The zero-order chi connectivity index (χ0) is 11.0. The number of rotatable bonds is 2. The monoisotopic (exact) mass is 208 g/mol. The van der Waals surface area contributed by atoms with Gasteiger partial charge in [0.2, 0.25) is 12.5 Å². The van der Waals surface area contributed by atoms with Gasteiger partial charge in [0.25, 0.3) is 0 Å². The molecule has 2 rings (SSSR count). The fraction of sp³-hybridized carbons (Fsp3) is 0.500. The molecule has 82 valence electrons.